The fourth-order valence-electron chi connectivity index (χ4n) is 2.88. The van der Waals surface area contributed by atoms with E-state index in [1.54, 1.807) is 19.2 Å². The van der Waals surface area contributed by atoms with E-state index in [1.165, 1.54) is 18.2 Å². The summed E-state index contributed by atoms with van der Waals surface area (Å²) in [6, 6.07) is 17.0. The van der Waals surface area contributed by atoms with E-state index in [1.807, 2.05) is 24.3 Å². The lowest BCUT2D eigenvalue weighted by atomic mass is 10.1. The maximum atomic E-state index is 13.9. The number of hydrogen-bond acceptors (Lipinski definition) is 4. The van der Waals surface area contributed by atoms with Gasteiger partial charge in [0.05, 0.1) is 13.5 Å². The van der Waals surface area contributed by atoms with Crippen molar-refractivity contribution in [3.63, 3.8) is 0 Å². The number of nitrogens with one attached hydrogen (secondary N) is 2. The molecule has 0 aliphatic heterocycles. The largest absolute Gasteiger partial charge is 0.496 e. The fourth-order valence-corrected chi connectivity index (χ4v) is 4.16. The first-order valence-corrected chi connectivity index (χ1v) is 11.1. The van der Waals surface area contributed by atoms with Crippen LogP contribution in [0.15, 0.2) is 71.6 Å². The van der Waals surface area contributed by atoms with Crippen molar-refractivity contribution in [3.05, 3.63) is 88.7 Å². The molecular formula is C22H20ClFN2O4S. The molecule has 1 amide bonds. The molecule has 0 unspecified atom stereocenters. The maximum Gasteiger partial charge on any atom is 0.264 e. The van der Waals surface area contributed by atoms with Crippen LogP contribution in [0.4, 0.5) is 10.1 Å². The molecule has 3 rings (SSSR count). The number of rotatable bonds is 8. The Kier molecular flexibility index (Phi) is 7.14. The summed E-state index contributed by atoms with van der Waals surface area (Å²) in [6.07, 6.45) is 0.119. The molecule has 0 fully saturated rings. The number of sulfonamides is 1. The average molecular weight is 463 g/mol. The van der Waals surface area contributed by atoms with Gasteiger partial charge in [-0.3, -0.25) is 9.52 Å². The third-order valence-corrected chi connectivity index (χ3v) is 6.07. The molecule has 0 atom stereocenters. The Balaban J connectivity index is 1.60. The summed E-state index contributed by atoms with van der Waals surface area (Å²) < 4.78 is 46.3. The molecule has 0 heterocycles. The minimum atomic E-state index is -4.12. The third-order valence-electron chi connectivity index (χ3n) is 4.42. The molecule has 3 aromatic carbocycles. The molecule has 0 bridgehead atoms. The second-order valence-corrected chi connectivity index (χ2v) is 8.73. The molecule has 3 aromatic rings. The highest BCUT2D eigenvalue weighted by molar-refractivity contribution is 7.92. The van der Waals surface area contributed by atoms with Crippen molar-refractivity contribution in [1.29, 1.82) is 0 Å². The molecule has 0 saturated carbocycles. The molecule has 0 aromatic heterocycles. The zero-order valence-electron chi connectivity index (χ0n) is 16.6. The molecular weight excluding hydrogens is 443 g/mol. The van der Waals surface area contributed by atoms with Crippen molar-refractivity contribution in [2.24, 2.45) is 0 Å². The molecule has 0 aliphatic rings. The highest BCUT2D eigenvalue weighted by Gasteiger charge is 2.19. The van der Waals surface area contributed by atoms with Gasteiger partial charge in [-0.05, 0) is 42.0 Å². The Hall–Kier alpha value is -3.10. The fraction of sp³-hybridized carbons (Fsp3) is 0.136. The summed E-state index contributed by atoms with van der Waals surface area (Å²) in [6.45, 7) is 0.327. The third kappa shape index (κ3) is 5.96. The van der Waals surface area contributed by atoms with Crippen molar-refractivity contribution in [2.75, 3.05) is 11.8 Å². The van der Waals surface area contributed by atoms with Crippen LogP contribution in [0.2, 0.25) is 5.02 Å². The van der Waals surface area contributed by atoms with E-state index >= 15 is 0 Å². The lowest BCUT2D eigenvalue weighted by Crippen LogP contribution is -2.24. The number of anilines is 1. The first kappa shape index (κ1) is 22.6. The van der Waals surface area contributed by atoms with Crippen LogP contribution in [0.25, 0.3) is 0 Å². The number of ether oxygens (including phenoxy) is 1. The number of carbonyl (C=O) groups excluding carboxylic acids is 1. The number of para-hydroxylation sites is 1. The second kappa shape index (κ2) is 9.80. The van der Waals surface area contributed by atoms with Gasteiger partial charge in [0.25, 0.3) is 10.0 Å². The van der Waals surface area contributed by atoms with E-state index in [0.29, 0.717) is 17.9 Å². The van der Waals surface area contributed by atoms with E-state index in [9.17, 15) is 17.6 Å². The van der Waals surface area contributed by atoms with Gasteiger partial charge < -0.3 is 10.1 Å². The van der Waals surface area contributed by atoms with E-state index < -0.39 is 20.7 Å². The molecule has 0 spiro atoms. The maximum absolute atomic E-state index is 13.9. The predicted octanol–water partition coefficient (Wildman–Crippen LogP) is 4.15. The summed E-state index contributed by atoms with van der Waals surface area (Å²) in [4.78, 5) is 11.7. The Morgan fingerprint density at radius 3 is 2.45 bits per heavy atom. The number of amides is 1. The van der Waals surface area contributed by atoms with Crippen molar-refractivity contribution in [1.82, 2.24) is 5.32 Å². The van der Waals surface area contributed by atoms with Crippen LogP contribution < -0.4 is 14.8 Å². The van der Waals surface area contributed by atoms with Crippen molar-refractivity contribution < 1.29 is 22.3 Å². The van der Waals surface area contributed by atoms with Crippen LogP contribution in [0, 0.1) is 5.82 Å². The van der Waals surface area contributed by atoms with Gasteiger partial charge in [0.1, 0.15) is 16.5 Å². The monoisotopic (exact) mass is 462 g/mol. The summed E-state index contributed by atoms with van der Waals surface area (Å²) in [5.41, 5.74) is 1.79. The van der Waals surface area contributed by atoms with Gasteiger partial charge in [0, 0.05) is 22.8 Å². The van der Waals surface area contributed by atoms with Crippen LogP contribution >= 0.6 is 11.6 Å². The molecule has 2 N–H and O–H groups in total. The Labute approximate surface area is 185 Å². The standard InChI is InChI=1S/C22H20ClFN2O4S/c1-30-20-5-3-2-4-16(20)14-25-22(27)12-15-6-9-18(10-7-15)26-31(28,29)21-11-8-17(23)13-19(21)24/h2-11,13,26H,12,14H2,1H3,(H,25,27). The smallest absolute Gasteiger partial charge is 0.264 e. The Morgan fingerprint density at radius 2 is 1.77 bits per heavy atom. The lowest BCUT2D eigenvalue weighted by Gasteiger charge is -2.11. The average Bonchev–Trinajstić information content (AvgIpc) is 2.73. The highest BCUT2D eigenvalue weighted by Crippen LogP contribution is 2.22. The predicted molar refractivity (Wildman–Crippen MR) is 117 cm³/mol. The van der Waals surface area contributed by atoms with Crippen LogP contribution in [-0.2, 0) is 27.8 Å². The first-order valence-electron chi connectivity index (χ1n) is 9.24. The van der Waals surface area contributed by atoms with Gasteiger partial charge in [0.2, 0.25) is 5.91 Å². The van der Waals surface area contributed by atoms with Gasteiger partial charge in [-0.15, -0.1) is 0 Å². The normalized spacial score (nSPS) is 11.1. The quantitative estimate of drug-likeness (QED) is 0.526. The van der Waals surface area contributed by atoms with Gasteiger partial charge in [-0.2, -0.15) is 0 Å². The number of halogens is 2. The minimum absolute atomic E-state index is 0.102. The van der Waals surface area contributed by atoms with E-state index in [4.69, 9.17) is 16.3 Å². The molecule has 0 saturated heterocycles. The first-order chi connectivity index (χ1) is 14.8. The molecule has 0 radical (unpaired) electrons. The number of hydrogen-bond donors (Lipinski definition) is 2. The SMILES string of the molecule is COc1ccccc1CNC(=O)Cc1ccc(NS(=O)(=O)c2ccc(Cl)cc2F)cc1. The van der Waals surface area contributed by atoms with Gasteiger partial charge in [-0.25, -0.2) is 12.8 Å². The molecule has 9 heteroatoms. The number of carbonyl (C=O) groups is 1. The summed E-state index contributed by atoms with van der Waals surface area (Å²) >= 11 is 5.66. The number of benzene rings is 3. The van der Waals surface area contributed by atoms with Crippen LogP contribution in [-0.4, -0.2) is 21.4 Å². The Bertz CT molecular complexity index is 1180. The second-order valence-electron chi connectivity index (χ2n) is 6.64. The van der Waals surface area contributed by atoms with Crippen molar-refractivity contribution in [3.8, 4) is 5.75 Å². The topological polar surface area (TPSA) is 84.5 Å². The highest BCUT2D eigenvalue weighted by atomic mass is 35.5. The van der Waals surface area contributed by atoms with Crippen molar-refractivity contribution >= 4 is 33.2 Å². The van der Waals surface area contributed by atoms with E-state index in [0.717, 1.165) is 17.7 Å². The molecule has 31 heavy (non-hydrogen) atoms. The van der Waals surface area contributed by atoms with Gasteiger partial charge >= 0.3 is 0 Å². The van der Waals surface area contributed by atoms with Crippen LogP contribution in [0.3, 0.4) is 0 Å². The van der Waals surface area contributed by atoms with Crippen LogP contribution in [0.5, 0.6) is 5.75 Å². The van der Waals surface area contributed by atoms with E-state index in [-0.39, 0.29) is 23.0 Å². The van der Waals surface area contributed by atoms with Crippen LogP contribution in [0.1, 0.15) is 11.1 Å². The van der Waals surface area contributed by atoms with Gasteiger partial charge in [0.15, 0.2) is 0 Å². The number of methoxy groups -OCH3 is 1. The van der Waals surface area contributed by atoms with Gasteiger partial charge in [-0.1, -0.05) is 41.9 Å². The summed E-state index contributed by atoms with van der Waals surface area (Å²) in [5, 5.41) is 2.93. The molecule has 162 valence electrons. The molecule has 6 nitrogen and oxygen atoms in total. The minimum Gasteiger partial charge on any atom is -0.496 e. The molecule has 0 aliphatic carbocycles. The summed E-state index contributed by atoms with van der Waals surface area (Å²) in [5.74, 6) is -0.442. The van der Waals surface area contributed by atoms with Crippen molar-refractivity contribution in [2.45, 2.75) is 17.9 Å². The summed E-state index contributed by atoms with van der Waals surface area (Å²) in [7, 11) is -2.55. The zero-order chi connectivity index (χ0) is 22.4. The van der Waals surface area contributed by atoms with E-state index in [2.05, 4.69) is 10.0 Å². The zero-order valence-corrected chi connectivity index (χ0v) is 18.1. The Morgan fingerprint density at radius 1 is 1.06 bits per heavy atom. The lowest BCUT2D eigenvalue weighted by molar-refractivity contribution is -0.120.